The molecular formula is C21H17F3N4O3S. The highest BCUT2D eigenvalue weighted by atomic mass is 32.2. The maximum atomic E-state index is 13.8. The number of amides is 2. The highest BCUT2D eigenvalue weighted by molar-refractivity contribution is 7.99. The Morgan fingerprint density at radius 1 is 1.12 bits per heavy atom. The lowest BCUT2D eigenvalue weighted by atomic mass is 10.1. The minimum Gasteiger partial charge on any atom is -0.416 e. The fourth-order valence-electron chi connectivity index (χ4n) is 3.33. The van der Waals surface area contributed by atoms with Crippen LogP contribution in [0.1, 0.15) is 17.9 Å². The number of hydrogen-bond acceptors (Lipinski definition) is 6. The quantitative estimate of drug-likeness (QED) is 0.576. The molecule has 166 valence electrons. The van der Waals surface area contributed by atoms with Crippen molar-refractivity contribution >= 4 is 35.0 Å². The second-order valence-corrected chi connectivity index (χ2v) is 7.93. The number of anilines is 2. The number of para-hydroxylation sites is 2. The molecule has 0 bridgehead atoms. The summed E-state index contributed by atoms with van der Waals surface area (Å²) in [6.07, 6.45) is -5.29. The van der Waals surface area contributed by atoms with Crippen molar-refractivity contribution in [1.29, 1.82) is 0 Å². The van der Waals surface area contributed by atoms with Crippen molar-refractivity contribution in [3.63, 3.8) is 0 Å². The number of benzene rings is 2. The summed E-state index contributed by atoms with van der Waals surface area (Å²) in [6.45, 7) is 0. The summed E-state index contributed by atoms with van der Waals surface area (Å²) in [5.41, 5.74) is 1.09. The Balaban J connectivity index is 1.51. The first-order valence-corrected chi connectivity index (χ1v) is 10.6. The highest BCUT2D eigenvalue weighted by Crippen LogP contribution is 2.38. The zero-order valence-corrected chi connectivity index (χ0v) is 17.3. The molecule has 2 amide bonds. The van der Waals surface area contributed by atoms with Gasteiger partial charge in [-0.25, -0.2) is 0 Å². The van der Waals surface area contributed by atoms with Gasteiger partial charge < -0.3 is 9.73 Å². The Kier molecular flexibility index (Phi) is 6.17. The van der Waals surface area contributed by atoms with E-state index in [0.717, 1.165) is 17.3 Å². The molecule has 4 rings (SSSR count). The van der Waals surface area contributed by atoms with E-state index in [1.807, 2.05) is 30.3 Å². The number of alkyl halides is 3. The van der Waals surface area contributed by atoms with Gasteiger partial charge in [-0.05, 0) is 17.7 Å². The third-order valence-corrected chi connectivity index (χ3v) is 5.54. The second-order valence-electron chi connectivity index (χ2n) is 7.00. The van der Waals surface area contributed by atoms with Crippen LogP contribution in [-0.4, -0.2) is 40.0 Å². The maximum Gasteiger partial charge on any atom is 0.409 e. The van der Waals surface area contributed by atoms with E-state index in [1.54, 1.807) is 6.07 Å². The van der Waals surface area contributed by atoms with E-state index in [1.165, 1.54) is 18.2 Å². The van der Waals surface area contributed by atoms with Crippen molar-refractivity contribution < 1.29 is 27.2 Å². The summed E-state index contributed by atoms with van der Waals surface area (Å²) in [5.74, 6) is -1.69. The fourth-order valence-corrected chi connectivity index (χ4v) is 3.97. The maximum absolute atomic E-state index is 13.8. The molecule has 11 heteroatoms. The van der Waals surface area contributed by atoms with Gasteiger partial charge in [0, 0.05) is 0 Å². The van der Waals surface area contributed by atoms with E-state index in [9.17, 15) is 22.8 Å². The van der Waals surface area contributed by atoms with Crippen LogP contribution in [0.15, 0.2) is 64.2 Å². The van der Waals surface area contributed by atoms with Crippen molar-refractivity contribution in [2.45, 2.75) is 30.3 Å². The molecule has 7 nitrogen and oxygen atoms in total. The SMILES string of the molecule is O=C1CC(C(F)(F)F)N(C(=O)CSc2nnc(Cc3ccccc3)o2)c2ccccc2N1. The monoisotopic (exact) mass is 462 g/mol. The Morgan fingerprint density at radius 2 is 1.84 bits per heavy atom. The average Bonchev–Trinajstić information content (AvgIpc) is 3.13. The van der Waals surface area contributed by atoms with Crippen LogP contribution in [0.4, 0.5) is 24.5 Å². The number of rotatable bonds is 5. The third kappa shape index (κ3) is 4.93. The predicted octanol–water partition coefficient (Wildman–Crippen LogP) is 4.06. The first-order valence-electron chi connectivity index (χ1n) is 9.58. The number of nitrogens with zero attached hydrogens (tertiary/aromatic N) is 3. The van der Waals surface area contributed by atoms with Crippen LogP contribution in [0.3, 0.4) is 0 Å². The largest absolute Gasteiger partial charge is 0.416 e. The minimum absolute atomic E-state index is 0.0124. The lowest BCUT2D eigenvalue weighted by molar-refractivity contribution is -0.157. The molecule has 0 radical (unpaired) electrons. The molecular weight excluding hydrogens is 445 g/mol. The predicted molar refractivity (Wildman–Crippen MR) is 111 cm³/mol. The summed E-state index contributed by atoms with van der Waals surface area (Å²) in [5, 5.41) is 10.3. The third-order valence-electron chi connectivity index (χ3n) is 4.74. The molecule has 3 aromatic rings. The van der Waals surface area contributed by atoms with Crippen LogP contribution in [0.5, 0.6) is 0 Å². The molecule has 32 heavy (non-hydrogen) atoms. The van der Waals surface area contributed by atoms with E-state index < -0.39 is 30.5 Å². The van der Waals surface area contributed by atoms with Crippen molar-refractivity contribution in [3.05, 3.63) is 66.1 Å². The molecule has 1 unspecified atom stereocenters. The molecule has 0 saturated carbocycles. The smallest absolute Gasteiger partial charge is 0.409 e. The van der Waals surface area contributed by atoms with Crippen LogP contribution >= 0.6 is 11.8 Å². The van der Waals surface area contributed by atoms with E-state index >= 15 is 0 Å². The van der Waals surface area contributed by atoms with Crippen LogP contribution < -0.4 is 10.2 Å². The molecule has 2 heterocycles. The number of carbonyl (C=O) groups excluding carboxylic acids is 2. The van der Waals surface area contributed by atoms with Gasteiger partial charge in [0.1, 0.15) is 6.04 Å². The van der Waals surface area contributed by atoms with Gasteiger partial charge in [-0.2, -0.15) is 13.2 Å². The molecule has 1 aliphatic rings. The normalized spacial score (nSPS) is 16.3. The number of carbonyl (C=O) groups is 2. The summed E-state index contributed by atoms with van der Waals surface area (Å²) in [6, 6.07) is 13.0. The Hall–Kier alpha value is -3.34. The summed E-state index contributed by atoms with van der Waals surface area (Å²) in [4.78, 5) is 25.6. The molecule has 0 saturated heterocycles. The molecule has 0 spiro atoms. The lowest BCUT2D eigenvalue weighted by Crippen LogP contribution is -2.50. The summed E-state index contributed by atoms with van der Waals surface area (Å²) < 4.78 is 46.8. The molecule has 1 aromatic heterocycles. The number of fused-ring (bicyclic) bond motifs is 1. The Bertz CT molecular complexity index is 1120. The lowest BCUT2D eigenvalue weighted by Gasteiger charge is -2.31. The zero-order valence-electron chi connectivity index (χ0n) is 16.5. The van der Waals surface area contributed by atoms with Gasteiger partial charge >= 0.3 is 6.18 Å². The molecule has 1 N–H and O–H groups in total. The van der Waals surface area contributed by atoms with E-state index in [4.69, 9.17) is 4.42 Å². The Morgan fingerprint density at radius 3 is 2.59 bits per heavy atom. The minimum atomic E-state index is -4.79. The average molecular weight is 462 g/mol. The second kappa shape index (κ2) is 9.03. The van der Waals surface area contributed by atoms with Crippen molar-refractivity contribution in [1.82, 2.24) is 10.2 Å². The number of thioether (sulfide) groups is 1. The van der Waals surface area contributed by atoms with Gasteiger partial charge in [0.2, 0.25) is 17.7 Å². The van der Waals surface area contributed by atoms with Crippen LogP contribution in [0.2, 0.25) is 0 Å². The molecule has 1 aliphatic heterocycles. The molecule has 1 atom stereocenters. The van der Waals surface area contributed by atoms with Crippen molar-refractivity contribution in [3.8, 4) is 0 Å². The van der Waals surface area contributed by atoms with Gasteiger partial charge in [0.15, 0.2) is 0 Å². The topological polar surface area (TPSA) is 88.3 Å². The summed E-state index contributed by atoms with van der Waals surface area (Å²) in [7, 11) is 0. The summed E-state index contributed by atoms with van der Waals surface area (Å²) >= 11 is 0.844. The van der Waals surface area contributed by atoms with E-state index in [2.05, 4.69) is 15.5 Å². The van der Waals surface area contributed by atoms with Gasteiger partial charge in [-0.15, -0.1) is 10.2 Å². The van der Waals surface area contributed by atoms with E-state index in [-0.39, 0.29) is 22.4 Å². The van der Waals surface area contributed by atoms with Gasteiger partial charge in [-0.1, -0.05) is 54.2 Å². The number of hydrogen-bond donors (Lipinski definition) is 1. The van der Waals surface area contributed by atoms with Crippen molar-refractivity contribution in [2.75, 3.05) is 16.0 Å². The van der Waals surface area contributed by atoms with E-state index in [0.29, 0.717) is 17.2 Å². The molecule has 2 aromatic carbocycles. The molecule has 0 aliphatic carbocycles. The van der Waals surface area contributed by atoms with Crippen LogP contribution in [0, 0.1) is 0 Å². The van der Waals surface area contributed by atoms with Gasteiger partial charge in [-0.3, -0.25) is 14.5 Å². The zero-order chi connectivity index (χ0) is 22.7. The number of halogens is 3. The van der Waals surface area contributed by atoms with Gasteiger partial charge in [0.25, 0.3) is 5.22 Å². The van der Waals surface area contributed by atoms with Crippen molar-refractivity contribution in [2.24, 2.45) is 0 Å². The van der Waals surface area contributed by atoms with Crippen LogP contribution in [0.25, 0.3) is 0 Å². The number of aromatic nitrogens is 2. The molecule has 0 fully saturated rings. The van der Waals surface area contributed by atoms with Gasteiger partial charge in [0.05, 0.1) is 30.0 Å². The van der Waals surface area contributed by atoms with Crippen LogP contribution in [-0.2, 0) is 16.0 Å². The standard InChI is InChI=1S/C21H17F3N4O3S/c22-21(23,24)16-11-17(29)25-14-8-4-5-9-15(14)28(16)19(30)12-32-20-27-26-18(31-20)10-13-6-2-1-3-7-13/h1-9,16H,10-12H2,(H,25,29). The fraction of sp³-hybridized carbons (Fsp3) is 0.238. The first kappa shape index (κ1) is 21.9. The first-order chi connectivity index (χ1) is 15.3. The highest BCUT2D eigenvalue weighted by Gasteiger charge is 2.48. The Labute approximate surface area is 185 Å². The number of nitrogens with one attached hydrogen (secondary N) is 1.